The molecule has 0 unspecified atom stereocenters. The van der Waals surface area contributed by atoms with E-state index < -0.39 is 17.5 Å². The van der Waals surface area contributed by atoms with Crippen molar-refractivity contribution in [1.82, 2.24) is 4.57 Å². The minimum absolute atomic E-state index is 0.0144. The maximum absolute atomic E-state index is 13.7. The van der Waals surface area contributed by atoms with Crippen LogP contribution in [-0.4, -0.2) is 16.3 Å². The highest BCUT2D eigenvalue weighted by Gasteiger charge is 2.24. The van der Waals surface area contributed by atoms with E-state index in [2.05, 4.69) is 5.32 Å². The van der Waals surface area contributed by atoms with Crippen LogP contribution >= 0.6 is 0 Å². The third-order valence-corrected chi connectivity index (χ3v) is 4.67. The van der Waals surface area contributed by atoms with Crippen LogP contribution < -0.4 is 5.32 Å². The molecule has 3 rings (SSSR count). The first-order chi connectivity index (χ1) is 12.8. The lowest BCUT2D eigenvalue weighted by molar-refractivity contribution is -0.112. The fourth-order valence-electron chi connectivity index (χ4n) is 3.36. The number of para-hydroxylation sites is 2. The maximum atomic E-state index is 13.7. The normalized spacial score (nSPS) is 10.7. The highest BCUT2D eigenvalue weighted by Crippen LogP contribution is 2.26. The number of carbonyl (C=O) groups excluding carboxylic acids is 2. The zero-order valence-corrected chi connectivity index (χ0v) is 15.8. The van der Waals surface area contributed by atoms with Crippen molar-refractivity contribution in [2.75, 3.05) is 5.32 Å². The van der Waals surface area contributed by atoms with Crippen LogP contribution in [0.5, 0.6) is 0 Å². The number of nitrogens with zero attached hydrogens (tertiary/aromatic N) is 1. The van der Waals surface area contributed by atoms with Gasteiger partial charge in [-0.15, -0.1) is 0 Å². The molecule has 0 fully saturated rings. The molecular weight excluding hydrogens is 343 g/mol. The molecule has 0 saturated heterocycles. The Bertz CT molecular complexity index is 1030. The smallest absolute Gasteiger partial charge is 0.296 e. The molecule has 1 aromatic heterocycles. The van der Waals surface area contributed by atoms with Gasteiger partial charge in [0, 0.05) is 17.0 Å². The third-order valence-electron chi connectivity index (χ3n) is 4.67. The average Bonchev–Trinajstić information content (AvgIpc) is 2.91. The fraction of sp³-hybridized carbons (Fsp3) is 0.182. The monoisotopic (exact) mass is 364 g/mol. The molecule has 2 aromatic carbocycles. The Labute approximate surface area is 157 Å². The molecule has 27 heavy (non-hydrogen) atoms. The second-order valence-electron chi connectivity index (χ2n) is 6.62. The van der Waals surface area contributed by atoms with Gasteiger partial charge in [0.05, 0.1) is 11.4 Å². The van der Waals surface area contributed by atoms with Crippen LogP contribution in [0.3, 0.4) is 0 Å². The van der Waals surface area contributed by atoms with Gasteiger partial charge in [-0.05, 0) is 57.0 Å². The van der Waals surface area contributed by atoms with Gasteiger partial charge in [0.15, 0.2) is 0 Å². The van der Waals surface area contributed by atoms with Crippen LogP contribution in [0.25, 0.3) is 5.69 Å². The van der Waals surface area contributed by atoms with Gasteiger partial charge in [0.25, 0.3) is 11.7 Å². The zero-order valence-electron chi connectivity index (χ0n) is 15.8. The van der Waals surface area contributed by atoms with Crippen molar-refractivity contribution in [3.05, 3.63) is 82.4 Å². The highest BCUT2D eigenvalue weighted by atomic mass is 19.1. The van der Waals surface area contributed by atoms with Gasteiger partial charge >= 0.3 is 0 Å². The number of hydrogen-bond donors (Lipinski definition) is 1. The average molecular weight is 364 g/mol. The molecule has 0 aliphatic rings. The summed E-state index contributed by atoms with van der Waals surface area (Å²) in [4.78, 5) is 25.1. The largest absolute Gasteiger partial charge is 0.317 e. The molecule has 0 saturated carbocycles. The summed E-state index contributed by atoms with van der Waals surface area (Å²) in [5.41, 5.74) is 4.98. The van der Waals surface area contributed by atoms with Gasteiger partial charge in [-0.1, -0.05) is 30.3 Å². The number of hydrogen-bond acceptors (Lipinski definition) is 2. The van der Waals surface area contributed by atoms with E-state index in [1.54, 1.807) is 12.1 Å². The molecule has 5 heteroatoms. The lowest BCUT2D eigenvalue weighted by Gasteiger charge is -2.15. The summed E-state index contributed by atoms with van der Waals surface area (Å²) in [5.74, 6) is -2.13. The second kappa shape index (κ2) is 7.19. The molecule has 1 heterocycles. The van der Waals surface area contributed by atoms with Gasteiger partial charge in [-0.25, -0.2) is 4.39 Å². The first-order valence-corrected chi connectivity index (χ1v) is 8.67. The number of ketones is 1. The quantitative estimate of drug-likeness (QED) is 0.540. The van der Waals surface area contributed by atoms with E-state index in [0.29, 0.717) is 11.3 Å². The number of aryl methyl sites for hydroxylation is 3. The molecule has 0 radical (unpaired) electrons. The predicted molar refractivity (Wildman–Crippen MR) is 104 cm³/mol. The molecular formula is C22H21FN2O2. The van der Waals surface area contributed by atoms with Crippen molar-refractivity contribution in [3.63, 3.8) is 0 Å². The van der Waals surface area contributed by atoms with Crippen LogP contribution in [0.15, 0.2) is 48.5 Å². The number of anilines is 1. The standard InChI is InChI=1S/C22H21FN2O2/c1-13-8-7-9-14(2)20(13)25-15(3)12-17(16(25)4)21(26)22(27)24-19-11-6-5-10-18(19)23/h5-12H,1-4H3,(H,24,27). The predicted octanol–water partition coefficient (Wildman–Crippen LogP) is 4.67. The number of nitrogens with one attached hydrogen (secondary N) is 1. The maximum Gasteiger partial charge on any atom is 0.296 e. The second-order valence-corrected chi connectivity index (χ2v) is 6.62. The van der Waals surface area contributed by atoms with E-state index in [-0.39, 0.29) is 5.69 Å². The number of Topliss-reactive ketones (excluding diaryl/α,β-unsaturated/α-hetero) is 1. The zero-order chi connectivity index (χ0) is 19.7. The summed E-state index contributed by atoms with van der Waals surface area (Å²) in [6.07, 6.45) is 0. The first kappa shape index (κ1) is 18.6. The highest BCUT2D eigenvalue weighted by molar-refractivity contribution is 6.46. The minimum Gasteiger partial charge on any atom is -0.317 e. The molecule has 1 amide bonds. The summed E-state index contributed by atoms with van der Waals surface area (Å²) < 4.78 is 15.7. The Kier molecular flexibility index (Phi) is 4.95. The number of halogens is 1. The van der Waals surface area contributed by atoms with Gasteiger partial charge < -0.3 is 9.88 Å². The molecule has 1 N–H and O–H groups in total. The molecule has 0 atom stereocenters. The molecule has 4 nitrogen and oxygen atoms in total. The number of amides is 1. The molecule has 0 spiro atoms. The van der Waals surface area contributed by atoms with Crippen molar-refractivity contribution < 1.29 is 14.0 Å². The summed E-state index contributed by atoms with van der Waals surface area (Å²) in [5, 5.41) is 2.35. The van der Waals surface area contributed by atoms with Crippen molar-refractivity contribution in [3.8, 4) is 5.69 Å². The van der Waals surface area contributed by atoms with E-state index in [1.807, 2.05) is 50.5 Å². The Hall–Kier alpha value is -3.21. The number of aromatic nitrogens is 1. The number of carbonyl (C=O) groups is 2. The van der Waals surface area contributed by atoms with E-state index in [9.17, 15) is 14.0 Å². The van der Waals surface area contributed by atoms with Crippen LogP contribution in [-0.2, 0) is 4.79 Å². The van der Waals surface area contributed by atoms with Gasteiger partial charge in [-0.2, -0.15) is 0 Å². The summed E-state index contributed by atoms with van der Waals surface area (Å²) in [6, 6.07) is 13.5. The van der Waals surface area contributed by atoms with Gasteiger partial charge in [-0.3, -0.25) is 9.59 Å². The Morgan fingerprint density at radius 1 is 0.926 bits per heavy atom. The molecule has 3 aromatic rings. The minimum atomic E-state index is -0.859. The molecule has 0 aliphatic heterocycles. The van der Waals surface area contributed by atoms with Gasteiger partial charge in [0.2, 0.25) is 0 Å². The molecule has 0 aliphatic carbocycles. The summed E-state index contributed by atoms with van der Waals surface area (Å²) >= 11 is 0. The van der Waals surface area contributed by atoms with E-state index in [0.717, 1.165) is 22.5 Å². The van der Waals surface area contributed by atoms with E-state index in [4.69, 9.17) is 0 Å². The SMILES string of the molecule is Cc1cccc(C)c1-n1c(C)cc(C(=O)C(=O)Nc2ccccc2F)c1C. The lowest BCUT2D eigenvalue weighted by Crippen LogP contribution is -2.24. The van der Waals surface area contributed by atoms with Crippen molar-refractivity contribution >= 4 is 17.4 Å². The number of rotatable bonds is 4. The van der Waals surface area contributed by atoms with Crippen molar-refractivity contribution in [1.29, 1.82) is 0 Å². The van der Waals surface area contributed by atoms with E-state index in [1.165, 1.54) is 18.2 Å². The topological polar surface area (TPSA) is 51.1 Å². The van der Waals surface area contributed by atoms with Crippen molar-refractivity contribution in [2.45, 2.75) is 27.7 Å². The number of benzene rings is 2. The molecule has 138 valence electrons. The summed E-state index contributed by atoms with van der Waals surface area (Å²) in [6.45, 7) is 7.72. The van der Waals surface area contributed by atoms with Gasteiger partial charge in [0.1, 0.15) is 5.82 Å². The lowest BCUT2D eigenvalue weighted by atomic mass is 10.1. The van der Waals surface area contributed by atoms with Crippen molar-refractivity contribution in [2.24, 2.45) is 0 Å². The Balaban J connectivity index is 1.98. The van der Waals surface area contributed by atoms with Crippen LogP contribution in [0.1, 0.15) is 32.9 Å². The van der Waals surface area contributed by atoms with Crippen LogP contribution in [0.2, 0.25) is 0 Å². The Morgan fingerprint density at radius 3 is 2.19 bits per heavy atom. The third kappa shape index (κ3) is 3.40. The van der Waals surface area contributed by atoms with Crippen LogP contribution in [0.4, 0.5) is 10.1 Å². The first-order valence-electron chi connectivity index (χ1n) is 8.67. The Morgan fingerprint density at radius 2 is 1.56 bits per heavy atom. The van der Waals surface area contributed by atoms with Crippen LogP contribution in [0, 0.1) is 33.5 Å². The summed E-state index contributed by atoms with van der Waals surface area (Å²) in [7, 11) is 0. The fourth-order valence-corrected chi connectivity index (χ4v) is 3.36. The van der Waals surface area contributed by atoms with E-state index >= 15 is 0 Å². The molecule has 0 bridgehead atoms.